The van der Waals surface area contributed by atoms with Crippen LogP contribution in [-0.4, -0.2) is 43.1 Å². The molecule has 1 atom stereocenters. The minimum absolute atomic E-state index is 0.311. The number of aliphatic carboxylic acids is 2. The number of H-pyrrole nitrogens is 1. The number of rotatable bonds is 5. The van der Waals surface area contributed by atoms with Crippen molar-refractivity contribution >= 4 is 28.8 Å². The van der Waals surface area contributed by atoms with Crippen molar-refractivity contribution < 1.29 is 19.8 Å². The summed E-state index contributed by atoms with van der Waals surface area (Å²) < 4.78 is 0. The number of hydrogen-bond acceptors (Lipinski definition) is 5. The lowest BCUT2D eigenvalue weighted by Crippen LogP contribution is -2.32. The number of fused-ring (bicyclic) bond motifs is 1. The van der Waals surface area contributed by atoms with Gasteiger partial charge >= 0.3 is 11.9 Å². The highest BCUT2D eigenvalue weighted by Gasteiger charge is 2.22. The minimum Gasteiger partial charge on any atom is -0.481 e. The zero-order chi connectivity index (χ0) is 14.9. The number of hydrogen-bond donors (Lipinski definition) is 4. The van der Waals surface area contributed by atoms with Crippen LogP contribution < -0.4 is 5.32 Å². The topological polar surface area (TPSA) is 128 Å². The molecule has 0 aliphatic heterocycles. The number of carboxylic acids is 2. The van der Waals surface area contributed by atoms with Gasteiger partial charge in [-0.1, -0.05) is 0 Å². The van der Waals surface area contributed by atoms with Crippen molar-refractivity contribution in [1.29, 1.82) is 0 Å². The van der Waals surface area contributed by atoms with Gasteiger partial charge in [0.15, 0.2) is 0 Å². The first-order valence-corrected chi connectivity index (χ1v) is 5.92. The number of nitrogens with zero attached hydrogens (tertiary/aromatic N) is 2. The third-order valence-corrected chi connectivity index (χ3v) is 2.72. The Hall–Kier alpha value is -2.64. The summed E-state index contributed by atoms with van der Waals surface area (Å²) in [5, 5.41) is 21.1. The third-order valence-electron chi connectivity index (χ3n) is 2.72. The van der Waals surface area contributed by atoms with Gasteiger partial charge in [-0.2, -0.15) is 0 Å². The second-order valence-corrected chi connectivity index (χ2v) is 4.47. The molecule has 20 heavy (non-hydrogen) atoms. The zero-order valence-corrected chi connectivity index (χ0v) is 11.0. The maximum atomic E-state index is 11.1. The maximum Gasteiger partial charge on any atom is 0.326 e. The summed E-state index contributed by atoms with van der Waals surface area (Å²) in [5.74, 6) is -1.67. The van der Waals surface area contributed by atoms with Crippen LogP contribution in [0.2, 0.25) is 0 Å². The van der Waals surface area contributed by atoms with Gasteiger partial charge in [0.2, 0.25) is 0 Å². The van der Waals surface area contributed by atoms with Gasteiger partial charge in [0, 0.05) is 5.69 Å². The van der Waals surface area contributed by atoms with Gasteiger partial charge in [-0.15, -0.1) is 0 Å². The van der Waals surface area contributed by atoms with E-state index in [4.69, 9.17) is 10.2 Å². The molecular weight excluding hydrogens is 264 g/mol. The molecule has 2 heterocycles. The lowest BCUT2D eigenvalue weighted by molar-refractivity contribution is -0.144. The summed E-state index contributed by atoms with van der Waals surface area (Å²) in [5.41, 5.74) is 1.44. The van der Waals surface area contributed by atoms with Crippen LogP contribution in [0, 0.1) is 13.8 Å². The molecule has 0 radical (unpaired) electrons. The van der Waals surface area contributed by atoms with E-state index < -0.39 is 24.4 Å². The number of anilines is 1. The first kappa shape index (κ1) is 13.8. The second kappa shape index (κ2) is 5.16. The lowest BCUT2D eigenvalue weighted by Gasteiger charge is -2.13. The standard InChI is InChI=1S/C12H14N4O4/c1-5-3-7-10(13-5)14-6(2)15-11(7)16-8(12(19)20)4-9(17)18/h3,8H,4H2,1-2H3,(H,17,18)(H,19,20)(H2,13,14,15,16). The van der Waals surface area contributed by atoms with Gasteiger partial charge in [0.05, 0.1) is 11.8 Å². The van der Waals surface area contributed by atoms with E-state index in [-0.39, 0.29) is 0 Å². The highest BCUT2D eigenvalue weighted by atomic mass is 16.4. The molecule has 0 saturated heterocycles. The van der Waals surface area contributed by atoms with Crippen LogP contribution in [0.1, 0.15) is 17.9 Å². The molecule has 0 bridgehead atoms. The molecule has 0 aliphatic carbocycles. The fraction of sp³-hybridized carbons (Fsp3) is 0.333. The highest BCUT2D eigenvalue weighted by Crippen LogP contribution is 2.22. The van der Waals surface area contributed by atoms with Crippen molar-refractivity contribution in [2.45, 2.75) is 26.3 Å². The smallest absolute Gasteiger partial charge is 0.326 e. The molecule has 0 saturated carbocycles. The monoisotopic (exact) mass is 278 g/mol. The van der Waals surface area contributed by atoms with Crippen LogP contribution in [0.25, 0.3) is 11.0 Å². The Morgan fingerprint density at radius 1 is 1.35 bits per heavy atom. The minimum atomic E-state index is -1.25. The third kappa shape index (κ3) is 2.85. The Bertz CT molecular complexity index is 679. The van der Waals surface area contributed by atoms with Crippen LogP contribution in [0.5, 0.6) is 0 Å². The zero-order valence-electron chi connectivity index (χ0n) is 11.0. The molecule has 8 nitrogen and oxygen atoms in total. The summed E-state index contributed by atoms with van der Waals surface area (Å²) in [7, 11) is 0. The van der Waals surface area contributed by atoms with E-state index in [0.717, 1.165) is 5.69 Å². The van der Waals surface area contributed by atoms with Gasteiger partial charge in [-0.3, -0.25) is 4.79 Å². The quantitative estimate of drug-likeness (QED) is 0.640. The molecule has 2 aromatic rings. The van der Waals surface area contributed by atoms with E-state index in [0.29, 0.717) is 22.7 Å². The van der Waals surface area contributed by atoms with Crippen molar-refractivity contribution in [2.75, 3.05) is 5.32 Å². The lowest BCUT2D eigenvalue weighted by atomic mass is 10.2. The van der Waals surface area contributed by atoms with E-state index in [1.807, 2.05) is 6.92 Å². The second-order valence-electron chi connectivity index (χ2n) is 4.47. The highest BCUT2D eigenvalue weighted by molar-refractivity contribution is 5.91. The summed E-state index contributed by atoms with van der Waals surface area (Å²) in [6, 6.07) is 0.525. The van der Waals surface area contributed by atoms with Gasteiger partial charge in [0.1, 0.15) is 23.3 Å². The molecule has 4 N–H and O–H groups in total. The number of nitrogens with one attached hydrogen (secondary N) is 2. The summed E-state index contributed by atoms with van der Waals surface area (Å²) >= 11 is 0. The van der Waals surface area contributed by atoms with Crippen molar-refractivity contribution in [3.8, 4) is 0 Å². The summed E-state index contributed by atoms with van der Waals surface area (Å²) in [4.78, 5) is 33.2. The van der Waals surface area contributed by atoms with E-state index in [1.165, 1.54) is 0 Å². The molecule has 1 unspecified atom stereocenters. The van der Waals surface area contributed by atoms with Gasteiger partial charge in [0.25, 0.3) is 0 Å². The predicted molar refractivity (Wildman–Crippen MR) is 70.7 cm³/mol. The fourth-order valence-corrected chi connectivity index (χ4v) is 1.90. The van der Waals surface area contributed by atoms with Gasteiger partial charge in [-0.25, -0.2) is 14.8 Å². The number of carboxylic acid groups (broad SMARTS) is 2. The number of aryl methyl sites for hydroxylation is 2. The first-order chi connectivity index (χ1) is 9.36. The summed E-state index contributed by atoms with van der Waals surface area (Å²) in [6.07, 6.45) is -0.538. The molecule has 0 aromatic carbocycles. The Morgan fingerprint density at radius 2 is 2.05 bits per heavy atom. The Labute approximate surface area is 113 Å². The molecule has 0 amide bonds. The van der Waals surface area contributed by atoms with Crippen molar-refractivity contribution in [3.05, 3.63) is 17.6 Å². The molecular formula is C12H14N4O4. The van der Waals surface area contributed by atoms with E-state index in [1.54, 1.807) is 13.0 Å². The fourth-order valence-electron chi connectivity index (χ4n) is 1.90. The molecule has 0 aliphatic rings. The number of carbonyl (C=O) groups is 2. The van der Waals surface area contributed by atoms with Crippen molar-refractivity contribution in [1.82, 2.24) is 15.0 Å². The molecule has 8 heteroatoms. The van der Waals surface area contributed by atoms with Crippen molar-refractivity contribution in [2.24, 2.45) is 0 Å². The Morgan fingerprint density at radius 3 is 2.65 bits per heavy atom. The van der Waals surface area contributed by atoms with Crippen LogP contribution >= 0.6 is 0 Å². The van der Waals surface area contributed by atoms with Crippen LogP contribution in [0.3, 0.4) is 0 Å². The molecule has 2 rings (SSSR count). The predicted octanol–water partition coefficient (Wildman–Crippen LogP) is 0.915. The van der Waals surface area contributed by atoms with Crippen LogP contribution in [0.4, 0.5) is 5.82 Å². The maximum absolute atomic E-state index is 11.1. The largest absolute Gasteiger partial charge is 0.481 e. The van der Waals surface area contributed by atoms with E-state index in [9.17, 15) is 9.59 Å². The summed E-state index contributed by atoms with van der Waals surface area (Å²) in [6.45, 7) is 3.51. The number of aromatic amines is 1. The van der Waals surface area contributed by atoms with E-state index in [2.05, 4.69) is 20.3 Å². The van der Waals surface area contributed by atoms with Crippen LogP contribution in [0.15, 0.2) is 6.07 Å². The molecule has 106 valence electrons. The molecule has 0 fully saturated rings. The van der Waals surface area contributed by atoms with E-state index >= 15 is 0 Å². The average molecular weight is 278 g/mol. The van der Waals surface area contributed by atoms with Gasteiger partial charge < -0.3 is 20.5 Å². The Balaban J connectivity index is 2.40. The average Bonchev–Trinajstić information content (AvgIpc) is 2.67. The number of aromatic nitrogens is 3. The SMILES string of the molecule is Cc1nc(NC(CC(=O)O)C(=O)O)c2cc(C)[nH]c2n1. The van der Waals surface area contributed by atoms with Gasteiger partial charge in [-0.05, 0) is 19.9 Å². The normalized spacial score (nSPS) is 12.3. The Kier molecular flexibility index (Phi) is 3.55. The molecule has 0 spiro atoms. The van der Waals surface area contributed by atoms with Crippen molar-refractivity contribution in [3.63, 3.8) is 0 Å². The first-order valence-electron chi connectivity index (χ1n) is 5.92. The molecule has 2 aromatic heterocycles. The van der Waals surface area contributed by atoms with Crippen LogP contribution in [-0.2, 0) is 9.59 Å².